The highest BCUT2D eigenvalue weighted by Gasteiger charge is 2.46. The van der Waals surface area contributed by atoms with Crippen LogP contribution in [0.3, 0.4) is 0 Å². The Morgan fingerprint density at radius 1 is 1.06 bits per heavy atom. The van der Waals surface area contributed by atoms with Crippen LogP contribution in [0.5, 0.6) is 0 Å². The number of sulfonamides is 1. The Bertz CT molecular complexity index is 1090. The fourth-order valence-electron chi connectivity index (χ4n) is 4.14. The third-order valence-corrected chi connectivity index (χ3v) is 9.06. The Kier molecular flexibility index (Phi) is 5.68. The van der Waals surface area contributed by atoms with Crippen molar-refractivity contribution in [2.24, 2.45) is 5.92 Å². The Morgan fingerprint density at radius 3 is 2.19 bits per heavy atom. The lowest BCUT2D eigenvalue weighted by atomic mass is 10.1. The molecule has 4 rings (SSSR count). The molecule has 0 spiro atoms. The van der Waals surface area contributed by atoms with Crippen LogP contribution in [0.1, 0.15) is 33.2 Å². The highest BCUT2D eigenvalue weighted by molar-refractivity contribution is 7.89. The molecule has 5 nitrogen and oxygen atoms in total. The summed E-state index contributed by atoms with van der Waals surface area (Å²) in [5.74, 6) is -0.376. The molecule has 1 amide bonds. The topological polar surface area (TPSA) is 57.7 Å². The lowest BCUT2D eigenvalue weighted by molar-refractivity contribution is -0.137. The van der Waals surface area contributed by atoms with Gasteiger partial charge in [-0.15, -0.1) is 11.3 Å². The number of rotatable bonds is 4. The Labute approximate surface area is 183 Å². The number of carbonyl (C=O) groups is 1. The van der Waals surface area contributed by atoms with Gasteiger partial charge >= 0.3 is 6.18 Å². The van der Waals surface area contributed by atoms with Crippen LogP contribution < -0.4 is 0 Å². The molecule has 1 aromatic heterocycles. The number of piperazine rings is 1. The summed E-state index contributed by atoms with van der Waals surface area (Å²) in [6.07, 6.45) is -3.77. The van der Waals surface area contributed by atoms with Crippen LogP contribution in [0.15, 0.2) is 35.2 Å². The van der Waals surface area contributed by atoms with Crippen LogP contribution in [0.25, 0.3) is 0 Å². The highest BCUT2D eigenvalue weighted by atomic mass is 32.2. The fourth-order valence-corrected chi connectivity index (χ4v) is 7.09. The molecule has 1 saturated heterocycles. The van der Waals surface area contributed by atoms with E-state index in [1.54, 1.807) is 17.9 Å². The predicted molar refractivity (Wildman–Crippen MR) is 111 cm³/mol. The van der Waals surface area contributed by atoms with Crippen molar-refractivity contribution in [3.05, 3.63) is 51.2 Å². The van der Waals surface area contributed by atoms with E-state index in [0.29, 0.717) is 24.4 Å². The first kappa shape index (κ1) is 22.3. The first-order valence-corrected chi connectivity index (χ1v) is 12.3. The summed E-state index contributed by atoms with van der Waals surface area (Å²) < 4.78 is 65.5. The van der Waals surface area contributed by atoms with Gasteiger partial charge in [-0.25, -0.2) is 8.42 Å². The molecule has 2 aromatic rings. The van der Waals surface area contributed by atoms with Gasteiger partial charge in [0, 0.05) is 41.9 Å². The summed E-state index contributed by atoms with van der Waals surface area (Å²) in [6, 6.07) is 6.67. The van der Waals surface area contributed by atoms with Crippen molar-refractivity contribution in [2.45, 2.75) is 37.3 Å². The van der Waals surface area contributed by atoms with E-state index in [0.717, 1.165) is 27.5 Å². The number of benzene rings is 1. The van der Waals surface area contributed by atoms with Crippen LogP contribution >= 0.6 is 11.3 Å². The molecular formula is C21H23F3N2O3S2. The second kappa shape index (κ2) is 7.90. The number of hydrogen-bond donors (Lipinski definition) is 0. The van der Waals surface area contributed by atoms with Crippen molar-refractivity contribution in [3.63, 3.8) is 0 Å². The summed E-state index contributed by atoms with van der Waals surface area (Å²) >= 11 is 1.45. The molecule has 1 aromatic carbocycles. The third kappa shape index (κ3) is 4.38. The second-order valence-corrected chi connectivity index (χ2v) is 11.4. The molecule has 1 saturated carbocycles. The molecule has 1 aliphatic carbocycles. The van der Waals surface area contributed by atoms with Crippen LogP contribution in [0.2, 0.25) is 0 Å². The van der Waals surface area contributed by atoms with Gasteiger partial charge in [-0.3, -0.25) is 4.79 Å². The Hall–Kier alpha value is -1.91. The number of halogens is 3. The van der Waals surface area contributed by atoms with Gasteiger partial charge in [-0.2, -0.15) is 17.5 Å². The molecule has 2 atom stereocenters. The van der Waals surface area contributed by atoms with E-state index in [1.807, 2.05) is 6.92 Å². The van der Waals surface area contributed by atoms with E-state index in [-0.39, 0.29) is 30.8 Å². The summed E-state index contributed by atoms with van der Waals surface area (Å²) in [5, 5.41) is 0. The Balaban J connectivity index is 1.36. The van der Waals surface area contributed by atoms with E-state index in [2.05, 4.69) is 0 Å². The lowest BCUT2D eigenvalue weighted by Gasteiger charge is -2.34. The van der Waals surface area contributed by atoms with Gasteiger partial charge in [0.2, 0.25) is 15.9 Å². The summed E-state index contributed by atoms with van der Waals surface area (Å²) in [4.78, 5) is 16.5. The first-order chi connectivity index (χ1) is 14.5. The Morgan fingerprint density at radius 2 is 1.68 bits per heavy atom. The van der Waals surface area contributed by atoms with Gasteiger partial charge in [-0.05, 0) is 49.9 Å². The van der Waals surface area contributed by atoms with Gasteiger partial charge in [-0.1, -0.05) is 12.1 Å². The average molecular weight is 473 g/mol. The largest absolute Gasteiger partial charge is 0.416 e. The van der Waals surface area contributed by atoms with Gasteiger partial charge in [0.25, 0.3) is 0 Å². The van der Waals surface area contributed by atoms with E-state index in [9.17, 15) is 26.4 Å². The molecule has 2 heterocycles. The fraction of sp³-hybridized carbons (Fsp3) is 0.476. The maximum absolute atomic E-state index is 12.9. The second-order valence-electron chi connectivity index (χ2n) is 8.08. The van der Waals surface area contributed by atoms with Crippen molar-refractivity contribution in [1.29, 1.82) is 0 Å². The molecule has 31 heavy (non-hydrogen) atoms. The molecule has 0 N–H and O–H groups in total. The van der Waals surface area contributed by atoms with Crippen molar-refractivity contribution < 1.29 is 26.4 Å². The van der Waals surface area contributed by atoms with Gasteiger partial charge in [0.15, 0.2) is 0 Å². The van der Waals surface area contributed by atoms with Gasteiger partial charge < -0.3 is 4.90 Å². The van der Waals surface area contributed by atoms with Crippen molar-refractivity contribution in [2.75, 3.05) is 26.2 Å². The maximum Gasteiger partial charge on any atom is 0.416 e. The number of thiophene rings is 1. The normalized spacial score (nSPS) is 22.5. The summed E-state index contributed by atoms with van der Waals surface area (Å²) in [6.45, 7) is 4.77. The molecule has 0 bridgehead atoms. The zero-order valence-electron chi connectivity index (χ0n) is 17.1. The number of nitrogens with zero attached hydrogens (tertiary/aromatic N) is 2. The zero-order valence-corrected chi connectivity index (χ0v) is 18.8. The molecule has 168 valence electrons. The number of hydrogen-bond acceptors (Lipinski definition) is 4. The highest BCUT2D eigenvalue weighted by Crippen LogP contribution is 2.49. The van der Waals surface area contributed by atoms with Gasteiger partial charge in [0.1, 0.15) is 0 Å². The van der Waals surface area contributed by atoms with Crippen molar-refractivity contribution >= 4 is 27.3 Å². The minimum absolute atomic E-state index is 0.0514. The van der Waals surface area contributed by atoms with Crippen molar-refractivity contribution in [1.82, 2.24) is 9.21 Å². The van der Waals surface area contributed by atoms with E-state index in [4.69, 9.17) is 0 Å². The molecule has 0 radical (unpaired) electrons. The van der Waals surface area contributed by atoms with E-state index in [1.165, 1.54) is 27.8 Å². The van der Waals surface area contributed by atoms with Crippen molar-refractivity contribution in [3.8, 4) is 0 Å². The standard InChI is InChI=1S/C21H23F3N2O3S2/c1-13-11-19(14(2)30-13)31(28,29)26-9-7-25(8-10-26)20(27)18-12-17(18)15-3-5-16(6-4-15)21(22,23)24/h3-6,11,17-18H,7-10,12H2,1-2H3. The van der Waals surface area contributed by atoms with E-state index >= 15 is 0 Å². The third-order valence-electron chi connectivity index (χ3n) is 5.94. The minimum Gasteiger partial charge on any atom is -0.340 e. The van der Waals surface area contributed by atoms with Crippen LogP contribution in [0.4, 0.5) is 13.2 Å². The maximum atomic E-state index is 12.9. The van der Waals surface area contributed by atoms with Crippen LogP contribution in [-0.4, -0.2) is 49.7 Å². The van der Waals surface area contributed by atoms with Crippen LogP contribution in [0, 0.1) is 19.8 Å². The SMILES string of the molecule is Cc1cc(S(=O)(=O)N2CCN(C(=O)C3CC3c3ccc(C(F)(F)F)cc3)CC2)c(C)s1. The summed E-state index contributed by atoms with van der Waals surface area (Å²) in [7, 11) is -3.58. The first-order valence-electron chi connectivity index (χ1n) is 10.0. The molecule has 1 aliphatic heterocycles. The molecule has 2 unspecified atom stereocenters. The zero-order chi connectivity index (χ0) is 22.6. The molecule has 2 fully saturated rings. The smallest absolute Gasteiger partial charge is 0.340 e. The number of alkyl halides is 3. The lowest BCUT2D eigenvalue weighted by Crippen LogP contribution is -2.51. The monoisotopic (exact) mass is 472 g/mol. The predicted octanol–water partition coefficient (Wildman–Crippen LogP) is 4.02. The number of amides is 1. The summed E-state index contributed by atoms with van der Waals surface area (Å²) in [5.41, 5.74) is 0.0315. The number of carbonyl (C=O) groups excluding carboxylic acids is 1. The van der Waals surface area contributed by atoms with Gasteiger partial charge in [0.05, 0.1) is 10.5 Å². The van der Waals surface area contributed by atoms with E-state index < -0.39 is 21.8 Å². The van der Waals surface area contributed by atoms with Crippen LogP contribution in [-0.2, 0) is 21.0 Å². The number of aryl methyl sites for hydroxylation is 2. The molecular weight excluding hydrogens is 449 g/mol. The molecule has 10 heteroatoms. The average Bonchev–Trinajstić information content (AvgIpc) is 3.44. The quantitative estimate of drug-likeness (QED) is 0.676. The molecule has 2 aliphatic rings. The minimum atomic E-state index is -4.38.